The molecule has 1 N–H and O–H groups in total. The van der Waals surface area contributed by atoms with E-state index in [1.807, 2.05) is 24.3 Å². The summed E-state index contributed by atoms with van der Waals surface area (Å²) in [5, 5.41) is 2.90. The van der Waals surface area contributed by atoms with Crippen molar-refractivity contribution >= 4 is 33.8 Å². The predicted molar refractivity (Wildman–Crippen MR) is 115 cm³/mol. The zero-order valence-electron chi connectivity index (χ0n) is 17.6. The topological polar surface area (TPSA) is 69.7 Å². The fourth-order valence-corrected chi connectivity index (χ4v) is 4.77. The zero-order chi connectivity index (χ0) is 21.4. The van der Waals surface area contributed by atoms with Crippen molar-refractivity contribution in [3.05, 3.63) is 34.3 Å². The zero-order valence-corrected chi connectivity index (χ0v) is 19.2. The van der Waals surface area contributed by atoms with Crippen LogP contribution in [-0.2, 0) is 16.1 Å². The molecule has 0 atom stereocenters. The van der Waals surface area contributed by atoms with E-state index in [0.717, 1.165) is 27.8 Å². The molecule has 2 aliphatic rings. The van der Waals surface area contributed by atoms with E-state index in [2.05, 4.69) is 42.0 Å². The van der Waals surface area contributed by atoms with E-state index in [0.29, 0.717) is 25.3 Å². The van der Waals surface area contributed by atoms with Crippen LogP contribution in [0.3, 0.4) is 0 Å². The van der Waals surface area contributed by atoms with Crippen molar-refractivity contribution in [1.29, 1.82) is 0 Å². The number of urea groups is 1. The molecule has 0 radical (unpaired) electrons. The Hall–Kier alpha value is -1.89. The SMILES string of the molecule is CN(Cc1ccccc1Br)C(=O)CN1C(=O)NC2(CCC(C(C)(C)C)CC2)C1=O. The molecule has 158 valence electrons. The Balaban J connectivity index is 1.63. The molecular weight excluding hydrogens is 434 g/mol. The van der Waals surface area contributed by atoms with Crippen LogP contribution in [0.15, 0.2) is 28.7 Å². The summed E-state index contributed by atoms with van der Waals surface area (Å²) in [6.07, 6.45) is 3.08. The second-order valence-electron chi connectivity index (χ2n) is 9.39. The van der Waals surface area contributed by atoms with Crippen LogP contribution in [0.5, 0.6) is 0 Å². The molecular formula is C22H30BrN3O3. The maximum atomic E-state index is 13.1. The number of hydrogen-bond donors (Lipinski definition) is 1. The molecule has 1 aliphatic heterocycles. The largest absolute Gasteiger partial charge is 0.340 e. The van der Waals surface area contributed by atoms with Crippen LogP contribution in [0, 0.1) is 11.3 Å². The molecule has 6 nitrogen and oxygen atoms in total. The quantitative estimate of drug-likeness (QED) is 0.687. The molecule has 1 spiro atoms. The minimum atomic E-state index is -0.833. The summed E-state index contributed by atoms with van der Waals surface area (Å²) in [5.41, 5.74) is 0.329. The van der Waals surface area contributed by atoms with Gasteiger partial charge in [0.25, 0.3) is 5.91 Å². The van der Waals surface area contributed by atoms with E-state index in [-0.39, 0.29) is 23.8 Å². The third-order valence-electron chi connectivity index (χ3n) is 6.39. The average Bonchev–Trinajstić information content (AvgIpc) is 2.87. The van der Waals surface area contributed by atoms with Crippen molar-refractivity contribution in [3.8, 4) is 0 Å². The summed E-state index contributed by atoms with van der Waals surface area (Å²) in [6.45, 7) is 6.84. The number of carbonyl (C=O) groups excluding carboxylic acids is 3. The highest BCUT2D eigenvalue weighted by molar-refractivity contribution is 9.10. The lowest BCUT2D eigenvalue weighted by molar-refractivity contribution is -0.139. The molecule has 2 fully saturated rings. The van der Waals surface area contributed by atoms with Crippen molar-refractivity contribution < 1.29 is 14.4 Å². The van der Waals surface area contributed by atoms with Crippen molar-refractivity contribution in [2.75, 3.05) is 13.6 Å². The minimum absolute atomic E-state index is 0.192. The van der Waals surface area contributed by atoms with Gasteiger partial charge in [-0.05, 0) is 48.6 Å². The van der Waals surface area contributed by atoms with E-state index in [9.17, 15) is 14.4 Å². The van der Waals surface area contributed by atoms with Crippen molar-refractivity contribution in [1.82, 2.24) is 15.1 Å². The van der Waals surface area contributed by atoms with Crippen LogP contribution in [0.2, 0.25) is 0 Å². The first-order valence-corrected chi connectivity index (χ1v) is 10.9. The Morgan fingerprint density at radius 3 is 2.45 bits per heavy atom. The van der Waals surface area contributed by atoms with Crippen LogP contribution in [0.1, 0.15) is 52.0 Å². The maximum absolute atomic E-state index is 13.1. The number of carbonyl (C=O) groups is 3. The van der Waals surface area contributed by atoms with Gasteiger partial charge in [0.15, 0.2) is 0 Å². The molecule has 1 aliphatic carbocycles. The summed E-state index contributed by atoms with van der Waals surface area (Å²) in [4.78, 5) is 40.9. The Morgan fingerprint density at radius 1 is 1.24 bits per heavy atom. The smallest absolute Gasteiger partial charge is 0.325 e. The summed E-state index contributed by atoms with van der Waals surface area (Å²) in [6, 6.07) is 7.23. The fraction of sp³-hybridized carbons (Fsp3) is 0.591. The van der Waals surface area contributed by atoms with Crippen LogP contribution < -0.4 is 5.32 Å². The standard InChI is InChI=1S/C22H30BrN3O3/c1-21(2,3)16-9-11-22(12-10-16)19(28)26(20(29)24-22)14-18(27)25(4)13-15-7-5-6-8-17(15)23/h5-8,16H,9-14H2,1-4H3,(H,24,29). The molecule has 4 amide bonds. The van der Waals surface area contributed by atoms with E-state index in [4.69, 9.17) is 0 Å². The highest BCUT2D eigenvalue weighted by Crippen LogP contribution is 2.43. The molecule has 1 aromatic rings. The molecule has 7 heteroatoms. The van der Waals surface area contributed by atoms with Crippen LogP contribution >= 0.6 is 15.9 Å². The number of benzene rings is 1. The highest BCUT2D eigenvalue weighted by Gasteiger charge is 2.53. The molecule has 1 aromatic carbocycles. The van der Waals surface area contributed by atoms with Gasteiger partial charge in [0, 0.05) is 18.1 Å². The maximum Gasteiger partial charge on any atom is 0.325 e. The van der Waals surface area contributed by atoms with Gasteiger partial charge >= 0.3 is 6.03 Å². The Kier molecular flexibility index (Phi) is 6.08. The Morgan fingerprint density at radius 2 is 1.86 bits per heavy atom. The molecule has 0 bridgehead atoms. The number of imide groups is 1. The summed E-state index contributed by atoms with van der Waals surface area (Å²) < 4.78 is 0.921. The van der Waals surface area contributed by atoms with Gasteiger partial charge in [-0.25, -0.2) is 4.79 Å². The number of likely N-dealkylation sites (N-methyl/N-ethyl adjacent to an activating group) is 1. The molecule has 0 unspecified atom stereocenters. The van der Waals surface area contributed by atoms with Gasteiger partial charge in [0.05, 0.1) is 0 Å². The first-order valence-electron chi connectivity index (χ1n) is 10.1. The van der Waals surface area contributed by atoms with E-state index >= 15 is 0 Å². The molecule has 0 aromatic heterocycles. The molecule has 3 rings (SSSR count). The number of nitrogens with one attached hydrogen (secondary N) is 1. The van der Waals surface area contributed by atoms with E-state index < -0.39 is 11.6 Å². The Bertz CT molecular complexity index is 810. The summed E-state index contributed by atoms with van der Waals surface area (Å²) in [7, 11) is 1.69. The lowest BCUT2D eigenvalue weighted by atomic mass is 9.67. The number of hydrogen-bond acceptors (Lipinski definition) is 3. The lowest BCUT2D eigenvalue weighted by Crippen LogP contribution is -2.51. The van der Waals surface area contributed by atoms with Crippen molar-refractivity contribution in [2.45, 2.75) is 58.5 Å². The third kappa shape index (κ3) is 4.49. The Labute approximate surface area is 181 Å². The third-order valence-corrected chi connectivity index (χ3v) is 7.17. The van der Waals surface area contributed by atoms with Gasteiger partial charge in [0.2, 0.25) is 5.91 Å². The molecule has 1 saturated heterocycles. The van der Waals surface area contributed by atoms with Crippen LogP contribution in [0.4, 0.5) is 4.79 Å². The molecule has 1 heterocycles. The summed E-state index contributed by atoms with van der Waals surface area (Å²) in [5.74, 6) is 0.0196. The van der Waals surface area contributed by atoms with Crippen molar-refractivity contribution in [2.24, 2.45) is 11.3 Å². The number of halogens is 1. The summed E-state index contributed by atoms with van der Waals surface area (Å²) >= 11 is 3.48. The van der Waals surface area contributed by atoms with Crippen LogP contribution in [0.25, 0.3) is 0 Å². The molecule has 29 heavy (non-hydrogen) atoms. The monoisotopic (exact) mass is 463 g/mol. The first kappa shape index (κ1) is 21.8. The fourth-order valence-electron chi connectivity index (χ4n) is 4.36. The van der Waals surface area contributed by atoms with Gasteiger partial charge < -0.3 is 10.2 Å². The predicted octanol–water partition coefficient (Wildman–Crippen LogP) is 3.93. The van der Waals surface area contributed by atoms with Crippen LogP contribution in [-0.4, -0.2) is 46.8 Å². The second kappa shape index (κ2) is 8.09. The van der Waals surface area contributed by atoms with Gasteiger partial charge in [-0.2, -0.15) is 0 Å². The van der Waals surface area contributed by atoms with Gasteiger partial charge in [-0.15, -0.1) is 0 Å². The molecule has 1 saturated carbocycles. The number of amides is 4. The minimum Gasteiger partial charge on any atom is -0.340 e. The average molecular weight is 464 g/mol. The normalized spacial score (nSPS) is 24.7. The number of nitrogens with zero attached hydrogens (tertiary/aromatic N) is 2. The van der Waals surface area contributed by atoms with Crippen molar-refractivity contribution in [3.63, 3.8) is 0 Å². The van der Waals surface area contributed by atoms with Gasteiger partial charge in [-0.1, -0.05) is 54.9 Å². The number of rotatable bonds is 4. The second-order valence-corrected chi connectivity index (χ2v) is 10.2. The van der Waals surface area contributed by atoms with E-state index in [1.165, 1.54) is 0 Å². The highest BCUT2D eigenvalue weighted by atomic mass is 79.9. The van der Waals surface area contributed by atoms with E-state index in [1.54, 1.807) is 11.9 Å². The van der Waals surface area contributed by atoms with Gasteiger partial charge in [0.1, 0.15) is 12.1 Å². The van der Waals surface area contributed by atoms with Gasteiger partial charge in [-0.3, -0.25) is 14.5 Å². The first-order chi connectivity index (χ1) is 13.5. The lowest BCUT2D eigenvalue weighted by Gasteiger charge is -2.40.